The molecule has 1 rings (SSSR count). The lowest BCUT2D eigenvalue weighted by Crippen LogP contribution is -2.16. The van der Waals surface area contributed by atoms with Gasteiger partial charge in [0.2, 0.25) is 0 Å². The molecule has 0 heterocycles. The first-order valence-electron chi connectivity index (χ1n) is 7.00. The van der Waals surface area contributed by atoms with Crippen LogP contribution in [0.25, 0.3) is 0 Å². The second-order valence-corrected chi connectivity index (χ2v) is 7.55. The van der Waals surface area contributed by atoms with E-state index in [-0.39, 0.29) is 27.8 Å². The molecule has 0 aliphatic carbocycles. The van der Waals surface area contributed by atoms with Crippen molar-refractivity contribution in [1.29, 1.82) is 0 Å². The Morgan fingerprint density at radius 1 is 0.913 bits per heavy atom. The summed E-state index contributed by atoms with van der Waals surface area (Å²) in [5, 5.41) is 32.4. The topological polar surface area (TPSA) is 129 Å². The van der Waals surface area contributed by atoms with Gasteiger partial charge >= 0.3 is 0 Å². The Morgan fingerprint density at radius 3 is 1.70 bits per heavy atom. The quantitative estimate of drug-likeness (QED) is 0.359. The lowest BCUT2D eigenvalue weighted by Gasteiger charge is -2.14. The second kappa shape index (κ2) is 6.19. The van der Waals surface area contributed by atoms with Crippen LogP contribution in [0.15, 0.2) is 16.3 Å². The van der Waals surface area contributed by atoms with Gasteiger partial charge in [-0.25, -0.2) is 0 Å². The first kappa shape index (κ1) is 19.0. The van der Waals surface area contributed by atoms with E-state index in [9.17, 15) is 10.4 Å². The fourth-order valence-corrected chi connectivity index (χ4v) is 2.01. The largest absolute Gasteiger partial charge is 0.594 e. The number of nitrogens with zero attached hydrogens (tertiary/aromatic N) is 4. The van der Waals surface area contributed by atoms with E-state index in [1.165, 1.54) is 6.07 Å². The van der Waals surface area contributed by atoms with E-state index in [2.05, 4.69) is 10.2 Å². The molecule has 128 valence electrons. The minimum atomic E-state index is -0.647. The van der Waals surface area contributed by atoms with E-state index < -0.39 is 11.1 Å². The molecule has 0 spiro atoms. The van der Waals surface area contributed by atoms with Gasteiger partial charge in [0.1, 0.15) is 21.8 Å². The highest BCUT2D eigenvalue weighted by atomic mass is 35.5. The average Bonchev–Trinajstić information content (AvgIpc) is 2.21. The molecule has 0 saturated carbocycles. The van der Waals surface area contributed by atoms with Crippen LogP contribution in [0.4, 0.5) is 22.7 Å². The summed E-state index contributed by atoms with van der Waals surface area (Å²) >= 11 is 6.06. The molecule has 1 aromatic carbocycles. The van der Waals surface area contributed by atoms with Gasteiger partial charge in [0.05, 0.1) is 0 Å². The molecule has 0 bridgehead atoms. The maximum Gasteiger partial charge on any atom is 0.297 e. The summed E-state index contributed by atoms with van der Waals surface area (Å²) in [5.74, 6) is 0. The van der Waals surface area contributed by atoms with Gasteiger partial charge in [0.25, 0.3) is 11.4 Å². The molecule has 0 aromatic heterocycles. The predicted octanol–water partition coefficient (Wildman–Crippen LogP) is 4.29. The first-order valence-corrected chi connectivity index (χ1v) is 7.38. The summed E-state index contributed by atoms with van der Waals surface area (Å²) in [4.78, 5) is 0.626. The van der Waals surface area contributed by atoms with Crippen molar-refractivity contribution in [3.05, 3.63) is 21.5 Å². The molecule has 0 atom stereocenters. The number of rotatable bonds is 2. The van der Waals surface area contributed by atoms with Gasteiger partial charge in [-0.3, -0.25) is 0 Å². The van der Waals surface area contributed by atoms with Crippen LogP contribution in [0, 0.1) is 10.4 Å². The molecule has 0 unspecified atom stereocenters. The third-order valence-corrected chi connectivity index (χ3v) is 2.74. The van der Waals surface area contributed by atoms with Crippen molar-refractivity contribution >= 4 is 34.4 Å². The Bertz CT molecular complexity index is 617. The highest BCUT2D eigenvalue weighted by Gasteiger charge is 2.29. The van der Waals surface area contributed by atoms with E-state index >= 15 is 0 Å². The molecule has 0 radical (unpaired) electrons. The van der Waals surface area contributed by atoms with Gasteiger partial charge < -0.3 is 21.9 Å². The van der Waals surface area contributed by atoms with Crippen LogP contribution in [0.1, 0.15) is 41.5 Å². The molecule has 0 aliphatic rings. The molecular weight excluding hydrogens is 320 g/mol. The number of halogens is 1. The number of hydrogen-bond acceptors (Lipinski definition) is 6. The molecule has 4 N–H and O–H groups in total. The minimum Gasteiger partial charge on any atom is -0.594 e. The molecule has 23 heavy (non-hydrogen) atoms. The number of benzene rings is 1. The van der Waals surface area contributed by atoms with E-state index in [1.807, 2.05) is 0 Å². The van der Waals surface area contributed by atoms with Crippen molar-refractivity contribution in [1.82, 2.24) is 0 Å². The number of anilines is 2. The van der Waals surface area contributed by atoms with E-state index in [4.69, 9.17) is 23.1 Å². The zero-order valence-corrected chi connectivity index (χ0v) is 15.0. The summed E-state index contributed by atoms with van der Waals surface area (Å²) in [5.41, 5.74) is 10.1. The standard InChI is InChI=1S/C14H23ClN6O2/c1-13(2,3)18-20(22)11-8(15)7-9(16)12(10(11)17)21(23)19-14(4,5)6/h7H,16-17H2,1-6H3. The predicted molar refractivity (Wildman–Crippen MR) is 91.2 cm³/mol. The number of azo groups is 2. The van der Waals surface area contributed by atoms with E-state index in [0.29, 0.717) is 9.72 Å². The third-order valence-electron chi connectivity index (χ3n) is 2.46. The number of nitrogen functional groups attached to an aromatic ring is 2. The van der Waals surface area contributed by atoms with Gasteiger partial charge in [-0.2, -0.15) is 0 Å². The molecule has 1 aromatic rings. The summed E-state index contributed by atoms with van der Waals surface area (Å²) in [6.45, 7) is 10.5. The smallest absolute Gasteiger partial charge is 0.297 e. The Balaban J connectivity index is 3.63. The fourth-order valence-electron chi connectivity index (χ4n) is 1.72. The number of nitrogens with two attached hydrogens (primary N) is 2. The first-order chi connectivity index (χ1) is 10.2. The fraction of sp³-hybridized carbons (Fsp3) is 0.571. The zero-order chi connectivity index (χ0) is 18.2. The highest BCUT2D eigenvalue weighted by molar-refractivity contribution is 6.33. The molecular formula is C14H23ClN6O2. The maximum atomic E-state index is 12.3. The van der Waals surface area contributed by atoms with Gasteiger partial charge in [0, 0.05) is 0 Å². The second-order valence-electron chi connectivity index (χ2n) is 7.15. The van der Waals surface area contributed by atoms with Crippen molar-refractivity contribution in [2.45, 2.75) is 52.6 Å². The lowest BCUT2D eigenvalue weighted by atomic mass is 10.1. The normalized spacial score (nSPS) is 14.2. The average molecular weight is 343 g/mol. The monoisotopic (exact) mass is 342 g/mol. The van der Waals surface area contributed by atoms with Crippen LogP contribution < -0.4 is 11.5 Å². The van der Waals surface area contributed by atoms with Crippen LogP contribution in [0.5, 0.6) is 0 Å². The summed E-state index contributed by atoms with van der Waals surface area (Å²) < 4.78 is 0. The zero-order valence-electron chi connectivity index (χ0n) is 14.2. The van der Waals surface area contributed by atoms with Gasteiger partial charge in [0.15, 0.2) is 5.69 Å². The molecule has 0 amide bonds. The highest BCUT2D eigenvalue weighted by Crippen LogP contribution is 2.42. The van der Waals surface area contributed by atoms with Crippen LogP contribution >= 0.6 is 11.6 Å². The van der Waals surface area contributed by atoms with Crippen LogP contribution in [0.3, 0.4) is 0 Å². The Hall–Kier alpha value is -2.09. The molecule has 9 heteroatoms. The van der Waals surface area contributed by atoms with Gasteiger partial charge in [-0.05, 0) is 57.8 Å². The van der Waals surface area contributed by atoms with Crippen LogP contribution in [-0.2, 0) is 0 Å². The summed E-state index contributed by atoms with van der Waals surface area (Å²) in [6.07, 6.45) is 0. The lowest BCUT2D eigenvalue weighted by molar-refractivity contribution is -0.455. The van der Waals surface area contributed by atoms with Gasteiger partial charge in [-0.15, -0.1) is 0 Å². The van der Waals surface area contributed by atoms with E-state index in [0.717, 1.165) is 0 Å². The SMILES string of the molecule is CC(C)(C)N=[N+]([O-])c1c(N)cc(Cl)c([N+]([O-])=NC(C)(C)C)c1N. The minimum absolute atomic E-state index is 0.0101. The van der Waals surface area contributed by atoms with Crippen molar-refractivity contribution < 1.29 is 9.72 Å². The summed E-state index contributed by atoms with van der Waals surface area (Å²) in [6, 6.07) is 1.29. The van der Waals surface area contributed by atoms with Crippen molar-refractivity contribution in [3.8, 4) is 0 Å². The van der Waals surface area contributed by atoms with Crippen molar-refractivity contribution in [2.75, 3.05) is 11.5 Å². The number of hydrogen-bond donors (Lipinski definition) is 2. The Labute approximate surface area is 140 Å². The van der Waals surface area contributed by atoms with Gasteiger partial charge in [-0.1, -0.05) is 21.3 Å². The van der Waals surface area contributed by atoms with Crippen molar-refractivity contribution in [2.24, 2.45) is 10.2 Å². The van der Waals surface area contributed by atoms with Crippen LogP contribution in [-0.4, -0.2) is 20.8 Å². The Kier molecular flexibility index (Phi) is 5.10. The molecule has 8 nitrogen and oxygen atoms in total. The van der Waals surface area contributed by atoms with E-state index in [1.54, 1.807) is 41.5 Å². The molecule has 0 fully saturated rings. The molecule has 0 aliphatic heterocycles. The summed E-state index contributed by atoms with van der Waals surface area (Å²) in [7, 11) is 0. The molecule has 0 saturated heterocycles. The van der Waals surface area contributed by atoms with Crippen molar-refractivity contribution in [3.63, 3.8) is 0 Å². The Morgan fingerprint density at radius 2 is 1.30 bits per heavy atom. The van der Waals surface area contributed by atoms with Crippen LogP contribution in [0.2, 0.25) is 5.02 Å². The third kappa shape index (κ3) is 4.95. The maximum absolute atomic E-state index is 12.3.